The first kappa shape index (κ1) is 20.8. The highest BCUT2D eigenvalue weighted by Crippen LogP contribution is 2.21. The van der Waals surface area contributed by atoms with E-state index in [1.54, 1.807) is 6.20 Å². The largest absolute Gasteiger partial charge is 0.461 e. The van der Waals surface area contributed by atoms with Crippen LogP contribution in [-0.4, -0.2) is 60.2 Å². The molecule has 2 aromatic rings. The van der Waals surface area contributed by atoms with Crippen LogP contribution in [0, 0.1) is 12.3 Å². The van der Waals surface area contributed by atoms with Gasteiger partial charge in [0.1, 0.15) is 13.2 Å². The van der Waals surface area contributed by atoms with Crippen molar-refractivity contribution in [3.05, 3.63) is 36.0 Å². The van der Waals surface area contributed by atoms with E-state index in [1.165, 1.54) is 19.3 Å². The molecule has 1 aliphatic heterocycles. The summed E-state index contributed by atoms with van der Waals surface area (Å²) in [5, 5.41) is 0.809. The topological polar surface area (TPSA) is 90.6 Å². The Balaban J connectivity index is 1.70. The fourth-order valence-electron chi connectivity index (χ4n) is 3.30. The zero-order valence-electron chi connectivity index (χ0n) is 16.5. The Morgan fingerprint density at radius 1 is 1.28 bits per heavy atom. The Hall–Kier alpha value is -2.95. The Bertz CT molecular complexity index is 914. The lowest BCUT2D eigenvalue weighted by Gasteiger charge is -2.25. The number of hydrogen-bond donors (Lipinski definition) is 1. The Morgan fingerprint density at radius 2 is 2.10 bits per heavy atom. The number of terminal acetylenes is 1. The van der Waals surface area contributed by atoms with Gasteiger partial charge in [0.05, 0.1) is 12.1 Å². The molecular formula is C22H26N4O3. The molecule has 0 aliphatic carbocycles. The van der Waals surface area contributed by atoms with Crippen molar-refractivity contribution in [2.45, 2.75) is 19.3 Å². The van der Waals surface area contributed by atoms with Crippen LogP contribution < -0.4 is 10.5 Å². The SMILES string of the molecule is C#CCOCCOc1ncc2cc(C(=CCN3CCCCC3)C(N)=O)ccc2n1. The molecule has 1 fully saturated rings. The zero-order valence-corrected chi connectivity index (χ0v) is 16.5. The minimum atomic E-state index is -0.436. The monoisotopic (exact) mass is 394 g/mol. The number of fused-ring (bicyclic) bond motifs is 1. The number of benzene rings is 1. The molecule has 0 spiro atoms. The van der Waals surface area contributed by atoms with Gasteiger partial charge in [0.25, 0.3) is 0 Å². The van der Waals surface area contributed by atoms with E-state index in [0.29, 0.717) is 18.8 Å². The van der Waals surface area contributed by atoms with Crippen molar-refractivity contribution in [1.82, 2.24) is 14.9 Å². The fourth-order valence-corrected chi connectivity index (χ4v) is 3.30. The first-order chi connectivity index (χ1) is 14.2. The molecule has 7 nitrogen and oxygen atoms in total. The number of primary amides is 1. The molecule has 1 amide bonds. The molecule has 1 aliphatic rings. The number of hydrogen-bond acceptors (Lipinski definition) is 6. The molecule has 0 atom stereocenters. The number of piperidine rings is 1. The van der Waals surface area contributed by atoms with E-state index in [2.05, 4.69) is 20.8 Å². The summed E-state index contributed by atoms with van der Waals surface area (Å²) in [6, 6.07) is 5.83. The zero-order chi connectivity index (χ0) is 20.5. The number of carbonyl (C=O) groups excluding carboxylic acids is 1. The second kappa shape index (κ2) is 10.6. The van der Waals surface area contributed by atoms with Gasteiger partial charge in [0.15, 0.2) is 0 Å². The summed E-state index contributed by atoms with van der Waals surface area (Å²) in [6.07, 6.45) is 12.4. The summed E-state index contributed by atoms with van der Waals surface area (Å²) in [7, 11) is 0. The summed E-state index contributed by atoms with van der Waals surface area (Å²) in [5.74, 6) is 1.96. The number of nitrogens with two attached hydrogens (primary N) is 1. The van der Waals surface area contributed by atoms with Gasteiger partial charge in [0, 0.05) is 23.7 Å². The molecular weight excluding hydrogens is 368 g/mol. The number of aromatic nitrogens is 2. The van der Waals surface area contributed by atoms with E-state index in [0.717, 1.165) is 36.1 Å². The molecule has 0 bridgehead atoms. The number of likely N-dealkylation sites (tertiary alicyclic amines) is 1. The number of rotatable bonds is 9. The average Bonchev–Trinajstić information content (AvgIpc) is 2.74. The predicted octanol–water partition coefficient (Wildman–Crippen LogP) is 2.01. The van der Waals surface area contributed by atoms with Crippen molar-refractivity contribution in [3.8, 4) is 18.4 Å². The molecule has 1 saturated heterocycles. The molecule has 2 heterocycles. The van der Waals surface area contributed by atoms with E-state index in [4.69, 9.17) is 21.6 Å². The summed E-state index contributed by atoms with van der Waals surface area (Å²) < 4.78 is 10.6. The predicted molar refractivity (Wildman–Crippen MR) is 112 cm³/mol. The molecule has 152 valence electrons. The summed E-state index contributed by atoms with van der Waals surface area (Å²) >= 11 is 0. The first-order valence-corrected chi connectivity index (χ1v) is 9.81. The lowest BCUT2D eigenvalue weighted by Crippen LogP contribution is -2.30. The van der Waals surface area contributed by atoms with Crippen LogP contribution in [-0.2, 0) is 9.53 Å². The van der Waals surface area contributed by atoms with Crippen LogP contribution in [0.25, 0.3) is 16.5 Å². The van der Waals surface area contributed by atoms with Gasteiger partial charge in [-0.2, -0.15) is 4.98 Å². The van der Waals surface area contributed by atoms with Crippen LogP contribution in [0.5, 0.6) is 6.01 Å². The third-order valence-corrected chi connectivity index (χ3v) is 4.78. The number of nitrogens with zero attached hydrogens (tertiary/aromatic N) is 3. The third-order valence-electron chi connectivity index (χ3n) is 4.78. The van der Waals surface area contributed by atoms with Crippen molar-refractivity contribution >= 4 is 22.4 Å². The maximum absolute atomic E-state index is 12.0. The Labute approximate surface area is 170 Å². The molecule has 2 N–H and O–H groups in total. The van der Waals surface area contributed by atoms with E-state index in [9.17, 15) is 4.79 Å². The molecule has 1 aromatic carbocycles. The molecule has 3 rings (SSSR count). The van der Waals surface area contributed by atoms with Crippen LogP contribution in [0.4, 0.5) is 0 Å². The van der Waals surface area contributed by atoms with Crippen LogP contribution in [0.1, 0.15) is 24.8 Å². The third kappa shape index (κ3) is 6.01. The van der Waals surface area contributed by atoms with Gasteiger partial charge in [0.2, 0.25) is 5.91 Å². The minimum Gasteiger partial charge on any atom is -0.461 e. The van der Waals surface area contributed by atoms with Crippen LogP contribution in [0.15, 0.2) is 30.5 Å². The standard InChI is InChI=1S/C22H26N4O3/c1-2-12-28-13-14-29-22-24-16-18-15-17(6-7-20(18)25-22)19(21(23)27)8-11-26-9-4-3-5-10-26/h1,6-8,15-16H,3-5,9-14H2,(H2,23,27). The quantitative estimate of drug-likeness (QED) is 0.397. The second-order valence-electron chi connectivity index (χ2n) is 6.87. The minimum absolute atomic E-state index is 0.248. The maximum Gasteiger partial charge on any atom is 0.316 e. The number of amides is 1. The highest BCUT2D eigenvalue weighted by atomic mass is 16.5. The van der Waals surface area contributed by atoms with Crippen molar-refractivity contribution in [1.29, 1.82) is 0 Å². The van der Waals surface area contributed by atoms with Crippen molar-refractivity contribution in [2.75, 3.05) is 39.5 Å². The fraction of sp³-hybridized carbons (Fsp3) is 0.409. The number of carbonyl (C=O) groups is 1. The van der Waals surface area contributed by atoms with E-state index < -0.39 is 5.91 Å². The van der Waals surface area contributed by atoms with Crippen molar-refractivity contribution in [2.24, 2.45) is 5.73 Å². The van der Waals surface area contributed by atoms with Gasteiger partial charge in [-0.1, -0.05) is 24.5 Å². The molecule has 29 heavy (non-hydrogen) atoms. The molecule has 7 heteroatoms. The van der Waals surface area contributed by atoms with Crippen LogP contribution in [0.2, 0.25) is 0 Å². The van der Waals surface area contributed by atoms with Gasteiger partial charge < -0.3 is 15.2 Å². The van der Waals surface area contributed by atoms with Gasteiger partial charge >= 0.3 is 6.01 Å². The lowest BCUT2D eigenvalue weighted by molar-refractivity contribution is -0.112. The Morgan fingerprint density at radius 3 is 2.86 bits per heavy atom. The van der Waals surface area contributed by atoms with Crippen LogP contribution >= 0.6 is 0 Å². The van der Waals surface area contributed by atoms with Gasteiger partial charge in [-0.25, -0.2) is 4.98 Å². The molecule has 1 aromatic heterocycles. The highest BCUT2D eigenvalue weighted by Gasteiger charge is 2.13. The maximum atomic E-state index is 12.0. The normalized spacial score (nSPS) is 15.2. The first-order valence-electron chi connectivity index (χ1n) is 9.81. The summed E-state index contributed by atoms with van der Waals surface area (Å²) in [5.41, 5.74) is 7.65. The van der Waals surface area contributed by atoms with Gasteiger partial charge in [-0.15, -0.1) is 6.42 Å². The Kier molecular flexibility index (Phi) is 7.56. The van der Waals surface area contributed by atoms with Gasteiger partial charge in [-0.05, 0) is 43.6 Å². The number of ether oxygens (including phenoxy) is 2. The van der Waals surface area contributed by atoms with Crippen molar-refractivity contribution in [3.63, 3.8) is 0 Å². The van der Waals surface area contributed by atoms with Gasteiger partial charge in [-0.3, -0.25) is 9.69 Å². The van der Waals surface area contributed by atoms with E-state index in [1.807, 2.05) is 24.3 Å². The molecule has 0 saturated carbocycles. The van der Waals surface area contributed by atoms with E-state index >= 15 is 0 Å². The average molecular weight is 394 g/mol. The lowest BCUT2D eigenvalue weighted by atomic mass is 10.0. The molecule has 0 unspecified atom stereocenters. The smallest absolute Gasteiger partial charge is 0.316 e. The molecule has 0 radical (unpaired) electrons. The van der Waals surface area contributed by atoms with Crippen molar-refractivity contribution < 1.29 is 14.3 Å². The van der Waals surface area contributed by atoms with Crippen LogP contribution in [0.3, 0.4) is 0 Å². The summed E-state index contributed by atoms with van der Waals surface area (Å²) in [4.78, 5) is 23.0. The second-order valence-corrected chi connectivity index (χ2v) is 6.87. The summed E-state index contributed by atoms with van der Waals surface area (Å²) in [6.45, 7) is 3.78. The van der Waals surface area contributed by atoms with E-state index in [-0.39, 0.29) is 12.6 Å². The highest BCUT2D eigenvalue weighted by molar-refractivity contribution is 6.19.